The van der Waals surface area contributed by atoms with Crippen LogP contribution in [0.5, 0.6) is 5.75 Å². The van der Waals surface area contributed by atoms with Crippen LogP contribution in [0.1, 0.15) is 32.2 Å². The van der Waals surface area contributed by atoms with Gasteiger partial charge in [-0.15, -0.1) is 11.3 Å². The van der Waals surface area contributed by atoms with Gasteiger partial charge in [-0.1, -0.05) is 6.92 Å². The van der Waals surface area contributed by atoms with E-state index in [0.29, 0.717) is 18.0 Å². The zero-order valence-electron chi connectivity index (χ0n) is 17.1. The number of rotatable bonds is 8. The number of benzene rings is 1. The second-order valence-electron chi connectivity index (χ2n) is 7.00. The summed E-state index contributed by atoms with van der Waals surface area (Å²) in [6.07, 6.45) is 0.910. The van der Waals surface area contributed by atoms with Crippen LogP contribution >= 0.6 is 11.3 Å². The minimum atomic E-state index is -0.673. The summed E-state index contributed by atoms with van der Waals surface area (Å²) in [5, 5.41) is 3.08. The summed E-state index contributed by atoms with van der Waals surface area (Å²) in [7, 11) is 1.54. The average Bonchev–Trinajstić information content (AvgIpc) is 3.14. The van der Waals surface area contributed by atoms with Crippen molar-refractivity contribution in [3.05, 3.63) is 28.6 Å². The molecule has 7 nitrogen and oxygen atoms in total. The number of nitrogens with zero attached hydrogens (tertiary/aromatic N) is 2. The third kappa shape index (κ3) is 4.94. The molecule has 8 heteroatoms. The quantitative estimate of drug-likeness (QED) is 0.611. The summed E-state index contributed by atoms with van der Waals surface area (Å²) in [4.78, 5) is 31.2. The Morgan fingerprint density at radius 2 is 2.21 bits per heavy atom. The van der Waals surface area contributed by atoms with Gasteiger partial charge < -0.3 is 14.2 Å². The molecule has 0 fully saturated rings. The van der Waals surface area contributed by atoms with Gasteiger partial charge in [-0.05, 0) is 44.9 Å². The first-order valence-corrected chi connectivity index (χ1v) is 10.6. The van der Waals surface area contributed by atoms with Crippen LogP contribution in [0.3, 0.4) is 0 Å². The molecule has 156 valence electrons. The van der Waals surface area contributed by atoms with Crippen LogP contribution in [0.4, 0.5) is 5.69 Å². The van der Waals surface area contributed by atoms with E-state index in [-0.39, 0.29) is 18.6 Å². The molecule has 1 aromatic heterocycles. The molecule has 29 heavy (non-hydrogen) atoms. The van der Waals surface area contributed by atoms with Crippen molar-refractivity contribution in [2.24, 2.45) is 0 Å². The summed E-state index contributed by atoms with van der Waals surface area (Å²) in [5.74, 6) is -0.217. The number of methoxy groups -OCH3 is 1. The molecule has 1 amide bonds. The van der Waals surface area contributed by atoms with Crippen molar-refractivity contribution in [2.75, 3.05) is 25.2 Å². The van der Waals surface area contributed by atoms with Gasteiger partial charge in [-0.2, -0.15) is 0 Å². The number of ether oxygens (including phenoxy) is 3. The van der Waals surface area contributed by atoms with Crippen LogP contribution in [0.2, 0.25) is 0 Å². The minimum Gasteiger partial charge on any atom is -0.479 e. The van der Waals surface area contributed by atoms with Gasteiger partial charge in [-0.25, -0.2) is 4.98 Å². The minimum absolute atomic E-state index is 0.185. The van der Waals surface area contributed by atoms with Gasteiger partial charge in [0.2, 0.25) is 0 Å². The van der Waals surface area contributed by atoms with E-state index < -0.39 is 12.1 Å². The van der Waals surface area contributed by atoms with E-state index in [0.717, 1.165) is 29.1 Å². The number of thiazole rings is 1. The third-order valence-electron chi connectivity index (χ3n) is 4.50. The number of fused-ring (bicyclic) bond motifs is 1. The van der Waals surface area contributed by atoms with Crippen molar-refractivity contribution in [1.29, 1.82) is 0 Å². The monoisotopic (exact) mass is 418 g/mol. The van der Waals surface area contributed by atoms with Gasteiger partial charge in [0.15, 0.2) is 6.10 Å². The van der Waals surface area contributed by atoms with Crippen LogP contribution < -0.4 is 9.64 Å². The highest BCUT2D eigenvalue weighted by Gasteiger charge is 2.33. The lowest BCUT2D eigenvalue weighted by molar-refractivity contribution is -0.149. The molecule has 0 saturated heterocycles. The second-order valence-corrected chi connectivity index (χ2v) is 7.94. The first-order valence-electron chi connectivity index (χ1n) is 9.68. The molecular weight excluding hydrogens is 392 g/mol. The Morgan fingerprint density at radius 1 is 1.41 bits per heavy atom. The number of carbonyl (C=O) groups excluding carboxylic acids is 2. The molecular formula is C21H26N2O5S. The van der Waals surface area contributed by atoms with Gasteiger partial charge in [-0.3, -0.25) is 14.5 Å². The lowest BCUT2D eigenvalue weighted by Crippen LogP contribution is -2.47. The highest BCUT2D eigenvalue weighted by molar-refractivity contribution is 7.09. The average molecular weight is 419 g/mol. The summed E-state index contributed by atoms with van der Waals surface area (Å²) in [6, 6.07) is 5.58. The van der Waals surface area contributed by atoms with E-state index in [4.69, 9.17) is 14.2 Å². The van der Waals surface area contributed by atoms with Gasteiger partial charge in [0.1, 0.15) is 18.4 Å². The first-order chi connectivity index (χ1) is 13.9. The number of aryl methyl sites for hydroxylation is 1. The van der Waals surface area contributed by atoms with Crippen molar-refractivity contribution in [3.63, 3.8) is 0 Å². The fourth-order valence-corrected chi connectivity index (χ4v) is 4.07. The van der Waals surface area contributed by atoms with E-state index in [1.54, 1.807) is 32.3 Å². The zero-order chi connectivity index (χ0) is 21.0. The molecule has 0 spiro atoms. The molecule has 2 atom stereocenters. The van der Waals surface area contributed by atoms with Gasteiger partial charge in [0.05, 0.1) is 23.0 Å². The van der Waals surface area contributed by atoms with E-state index in [2.05, 4.69) is 11.9 Å². The van der Waals surface area contributed by atoms with Gasteiger partial charge in [0, 0.05) is 18.1 Å². The fourth-order valence-electron chi connectivity index (χ4n) is 3.16. The summed E-state index contributed by atoms with van der Waals surface area (Å²) in [5.41, 5.74) is 2.27. The Kier molecular flexibility index (Phi) is 6.87. The van der Waals surface area contributed by atoms with Crippen molar-refractivity contribution >= 4 is 28.9 Å². The maximum atomic E-state index is 12.7. The zero-order valence-corrected chi connectivity index (χ0v) is 18.0. The highest BCUT2D eigenvalue weighted by Crippen LogP contribution is 2.37. The number of anilines is 1. The Hall–Kier alpha value is -2.45. The highest BCUT2D eigenvalue weighted by atomic mass is 32.1. The molecule has 3 rings (SSSR count). The van der Waals surface area contributed by atoms with E-state index in [1.165, 1.54) is 4.90 Å². The maximum absolute atomic E-state index is 12.7. The molecule has 0 N–H and O–H groups in total. The summed E-state index contributed by atoms with van der Waals surface area (Å²) < 4.78 is 16.0. The van der Waals surface area contributed by atoms with Crippen molar-refractivity contribution < 1.29 is 23.8 Å². The van der Waals surface area contributed by atoms with Crippen LogP contribution in [0, 0.1) is 0 Å². The summed E-state index contributed by atoms with van der Waals surface area (Å²) in [6.45, 7) is 5.64. The SMILES string of the molecule is CCCc1nc(-c2ccc3c(c2)N(CC(=O)OC(C)COC)C(=O)C(C)O3)cs1. The van der Waals surface area contributed by atoms with Gasteiger partial charge in [0.25, 0.3) is 5.91 Å². The Morgan fingerprint density at radius 3 is 2.93 bits per heavy atom. The Balaban J connectivity index is 1.86. The molecule has 0 bridgehead atoms. The largest absolute Gasteiger partial charge is 0.479 e. The van der Waals surface area contributed by atoms with Crippen LogP contribution in [-0.2, 0) is 25.5 Å². The molecule has 0 saturated carbocycles. The lowest BCUT2D eigenvalue weighted by atomic mass is 10.1. The van der Waals surface area contributed by atoms with Crippen molar-refractivity contribution in [2.45, 2.75) is 45.8 Å². The smallest absolute Gasteiger partial charge is 0.326 e. The Labute approximate surface area is 174 Å². The topological polar surface area (TPSA) is 78.0 Å². The molecule has 1 aliphatic heterocycles. The molecule has 2 unspecified atom stereocenters. The van der Waals surface area contributed by atoms with Crippen molar-refractivity contribution in [3.8, 4) is 17.0 Å². The lowest BCUT2D eigenvalue weighted by Gasteiger charge is -2.32. The summed E-state index contributed by atoms with van der Waals surface area (Å²) >= 11 is 1.62. The predicted molar refractivity (Wildman–Crippen MR) is 111 cm³/mol. The number of aromatic nitrogens is 1. The maximum Gasteiger partial charge on any atom is 0.326 e. The number of esters is 1. The number of carbonyl (C=O) groups is 2. The number of hydrogen-bond acceptors (Lipinski definition) is 7. The molecule has 0 radical (unpaired) electrons. The van der Waals surface area contributed by atoms with Crippen molar-refractivity contribution in [1.82, 2.24) is 4.98 Å². The van der Waals surface area contributed by atoms with Crippen LogP contribution in [-0.4, -0.2) is 49.3 Å². The second kappa shape index (κ2) is 9.37. The normalized spacial score (nSPS) is 16.9. The standard InChI is InChI=1S/C21H26N2O5S/c1-5-6-19-22-16(12-29-19)15-7-8-18-17(9-15)23(21(25)14(3)28-18)10-20(24)27-13(2)11-26-4/h7-9,12-14H,5-6,10-11H2,1-4H3. The van der Waals surface area contributed by atoms with E-state index >= 15 is 0 Å². The van der Waals surface area contributed by atoms with Crippen LogP contribution in [0.15, 0.2) is 23.6 Å². The van der Waals surface area contributed by atoms with E-state index in [1.807, 2.05) is 23.6 Å². The van der Waals surface area contributed by atoms with Gasteiger partial charge >= 0.3 is 5.97 Å². The first kappa shape index (κ1) is 21.3. The number of hydrogen-bond donors (Lipinski definition) is 0. The third-order valence-corrected chi connectivity index (χ3v) is 5.41. The van der Waals surface area contributed by atoms with Crippen LogP contribution in [0.25, 0.3) is 11.3 Å². The predicted octanol–water partition coefficient (Wildman–Crippen LogP) is 3.45. The molecule has 2 heterocycles. The van der Waals surface area contributed by atoms with E-state index in [9.17, 15) is 9.59 Å². The molecule has 0 aliphatic carbocycles. The molecule has 1 aromatic carbocycles. The fraction of sp³-hybridized carbons (Fsp3) is 0.476. The number of amides is 1. The Bertz CT molecular complexity index is 882. The molecule has 2 aromatic rings. The molecule has 1 aliphatic rings.